The normalized spacial score (nSPS) is 11.2. The average molecular weight is 343 g/mol. The standard InChI is InChI=1S/C9H5F3INO2/c10-9(11,12)6-1-4(3-15)7(13)2-5(6)8(14)16/h1-3H,(H2,14,16). The third-order valence-corrected chi connectivity index (χ3v) is 2.77. The lowest BCUT2D eigenvalue weighted by atomic mass is 10.0. The zero-order valence-corrected chi connectivity index (χ0v) is 9.80. The van der Waals surface area contributed by atoms with E-state index in [0.29, 0.717) is 12.4 Å². The number of alkyl halides is 3. The molecule has 3 nitrogen and oxygen atoms in total. The maximum absolute atomic E-state index is 12.5. The Labute approximate surface area is 102 Å². The molecule has 86 valence electrons. The molecule has 0 saturated carbocycles. The highest BCUT2D eigenvalue weighted by Gasteiger charge is 2.35. The summed E-state index contributed by atoms with van der Waals surface area (Å²) in [6, 6.07) is 1.57. The molecule has 0 aliphatic heterocycles. The van der Waals surface area contributed by atoms with Crippen molar-refractivity contribution >= 4 is 34.8 Å². The van der Waals surface area contributed by atoms with Gasteiger partial charge in [0.05, 0.1) is 11.1 Å². The number of rotatable bonds is 2. The number of hydrogen-bond donors (Lipinski definition) is 1. The van der Waals surface area contributed by atoms with E-state index < -0.39 is 23.2 Å². The summed E-state index contributed by atoms with van der Waals surface area (Å²) in [6.07, 6.45) is -4.42. The van der Waals surface area contributed by atoms with E-state index in [1.165, 1.54) is 0 Å². The first-order valence-electron chi connectivity index (χ1n) is 3.93. The van der Waals surface area contributed by atoms with Gasteiger partial charge in [0.2, 0.25) is 5.91 Å². The molecule has 1 amide bonds. The van der Waals surface area contributed by atoms with E-state index in [-0.39, 0.29) is 9.13 Å². The van der Waals surface area contributed by atoms with E-state index in [9.17, 15) is 22.8 Å². The summed E-state index contributed by atoms with van der Waals surface area (Å²) in [5.74, 6) is -1.18. The molecule has 0 bridgehead atoms. The molecule has 0 spiro atoms. The minimum absolute atomic E-state index is 0.127. The molecule has 0 unspecified atom stereocenters. The Morgan fingerprint density at radius 3 is 2.31 bits per heavy atom. The van der Waals surface area contributed by atoms with Crippen LogP contribution in [0.2, 0.25) is 0 Å². The number of primary amides is 1. The van der Waals surface area contributed by atoms with Crippen LogP contribution in [0.15, 0.2) is 12.1 Å². The Balaban J connectivity index is 3.55. The van der Waals surface area contributed by atoms with Gasteiger partial charge in [-0.3, -0.25) is 9.59 Å². The third-order valence-electron chi connectivity index (χ3n) is 1.83. The highest BCUT2D eigenvalue weighted by molar-refractivity contribution is 14.1. The SMILES string of the molecule is NC(=O)c1cc(I)c(C=O)cc1C(F)(F)F. The molecule has 1 rings (SSSR count). The van der Waals surface area contributed by atoms with Crippen LogP contribution in [0.25, 0.3) is 0 Å². The highest BCUT2D eigenvalue weighted by Crippen LogP contribution is 2.33. The maximum atomic E-state index is 12.5. The van der Waals surface area contributed by atoms with Crippen molar-refractivity contribution in [2.24, 2.45) is 5.73 Å². The number of hydrogen-bond acceptors (Lipinski definition) is 2. The summed E-state index contributed by atoms with van der Waals surface area (Å²) in [7, 11) is 0. The number of nitrogens with two attached hydrogens (primary N) is 1. The van der Waals surface area contributed by atoms with E-state index in [0.717, 1.165) is 6.07 Å². The molecule has 1 aromatic rings. The minimum atomic E-state index is -4.72. The molecular formula is C9H5F3INO2. The van der Waals surface area contributed by atoms with Gasteiger partial charge in [0, 0.05) is 9.13 Å². The van der Waals surface area contributed by atoms with Gasteiger partial charge in [-0.25, -0.2) is 0 Å². The van der Waals surface area contributed by atoms with Crippen molar-refractivity contribution in [3.05, 3.63) is 32.4 Å². The van der Waals surface area contributed by atoms with Crippen LogP contribution in [-0.2, 0) is 6.18 Å². The highest BCUT2D eigenvalue weighted by atomic mass is 127. The van der Waals surface area contributed by atoms with Gasteiger partial charge >= 0.3 is 6.18 Å². The van der Waals surface area contributed by atoms with Gasteiger partial charge in [-0.2, -0.15) is 13.2 Å². The fourth-order valence-corrected chi connectivity index (χ4v) is 1.71. The van der Waals surface area contributed by atoms with Gasteiger partial charge in [0.15, 0.2) is 6.29 Å². The second kappa shape index (κ2) is 4.40. The second-order valence-corrected chi connectivity index (χ2v) is 4.06. The van der Waals surface area contributed by atoms with Crippen molar-refractivity contribution in [2.75, 3.05) is 0 Å². The molecule has 0 aliphatic carbocycles. The lowest BCUT2D eigenvalue weighted by Gasteiger charge is -2.12. The van der Waals surface area contributed by atoms with Crippen molar-refractivity contribution in [1.82, 2.24) is 0 Å². The lowest BCUT2D eigenvalue weighted by Crippen LogP contribution is -2.19. The maximum Gasteiger partial charge on any atom is 0.417 e. The zero-order chi connectivity index (χ0) is 12.5. The van der Waals surface area contributed by atoms with E-state index in [4.69, 9.17) is 5.73 Å². The Bertz CT molecular complexity index is 457. The lowest BCUT2D eigenvalue weighted by molar-refractivity contribution is -0.137. The largest absolute Gasteiger partial charge is 0.417 e. The van der Waals surface area contributed by atoms with Crippen molar-refractivity contribution < 1.29 is 22.8 Å². The van der Waals surface area contributed by atoms with Crippen LogP contribution in [0.3, 0.4) is 0 Å². The Morgan fingerprint density at radius 1 is 1.38 bits per heavy atom. The number of amides is 1. The van der Waals surface area contributed by atoms with Crippen LogP contribution in [0.1, 0.15) is 26.3 Å². The summed E-state index contributed by atoms with van der Waals surface area (Å²) >= 11 is 1.66. The smallest absolute Gasteiger partial charge is 0.366 e. The summed E-state index contributed by atoms with van der Waals surface area (Å²) in [4.78, 5) is 21.4. The van der Waals surface area contributed by atoms with Gasteiger partial charge in [0.25, 0.3) is 0 Å². The first-order valence-corrected chi connectivity index (χ1v) is 5.01. The number of carbonyl (C=O) groups is 2. The molecule has 2 N–H and O–H groups in total. The monoisotopic (exact) mass is 343 g/mol. The zero-order valence-electron chi connectivity index (χ0n) is 7.64. The summed E-state index contributed by atoms with van der Waals surface area (Å²) in [6.45, 7) is 0. The second-order valence-electron chi connectivity index (χ2n) is 2.90. The minimum Gasteiger partial charge on any atom is -0.366 e. The molecular weight excluding hydrogens is 338 g/mol. The van der Waals surface area contributed by atoms with Gasteiger partial charge in [0.1, 0.15) is 0 Å². The number of benzene rings is 1. The third kappa shape index (κ3) is 2.52. The quantitative estimate of drug-likeness (QED) is 0.661. The van der Waals surface area contributed by atoms with Crippen molar-refractivity contribution in [3.8, 4) is 0 Å². The van der Waals surface area contributed by atoms with Crippen LogP contribution < -0.4 is 5.73 Å². The van der Waals surface area contributed by atoms with E-state index >= 15 is 0 Å². The molecule has 0 heterocycles. The fraction of sp³-hybridized carbons (Fsp3) is 0.111. The molecule has 0 aromatic heterocycles. The number of aldehydes is 1. The molecule has 0 aliphatic rings. The summed E-state index contributed by atoms with van der Waals surface area (Å²) in [5, 5.41) is 0. The van der Waals surface area contributed by atoms with Crippen LogP contribution in [0, 0.1) is 3.57 Å². The molecule has 0 radical (unpaired) electrons. The fourth-order valence-electron chi connectivity index (χ4n) is 1.12. The van der Waals surface area contributed by atoms with E-state index in [1.807, 2.05) is 0 Å². The predicted molar refractivity (Wildman–Crippen MR) is 58.1 cm³/mol. The Hall–Kier alpha value is -1.12. The van der Waals surface area contributed by atoms with E-state index in [2.05, 4.69) is 0 Å². The molecule has 1 aromatic carbocycles. The number of halogens is 4. The van der Waals surface area contributed by atoms with Gasteiger partial charge < -0.3 is 5.73 Å². The molecule has 16 heavy (non-hydrogen) atoms. The first-order chi connectivity index (χ1) is 7.27. The molecule has 0 saturated heterocycles. The average Bonchev–Trinajstić information content (AvgIpc) is 2.15. The molecule has 0 atom stereocenters. The molecule has 0 fully saturated rings. The topological polar surface area (TPSA) is 60.2 Å². The van der Waals surface area contributed by atoms with Crippen molar-refractivity contribution in [2.45, 2.75) is 6.18 Å². The van der Waals surface area contributed by atoms with Gasteiger partial charge in [-0.15, -0.1) is 0 Å². The Kier molecular flexibility index (Phi) is 3.56. The van der Waals surface area contributed by atoms with Crippen LogP contribution in [0.5, 0.6) is 0 Å². The van der Waals surface area contributed by atoms with E-state index in [1.54, 1.807) is 22.6 Å². The van der Waals surface area contributed by atoms with Crippen molar-refractivity contribution in [3.63, 3.8) is 0 Å². The van der Waals surface area contributed by atoms with Crippen LogP contribution >= 0.6 is 22.6 Å². The van der Waals surface area contributed by atoms with Crippen molar-refractivity contribution in [1.29, 1.82) is 0 Å². The number of carbonyl (C=O) groups excluding carboxylic acids is 2. The van der Waals surface area contributed by atoms with Crippen LogP contribution in [0.4, 0.5) is 13.2 Å². The Morgan fingerprint density at radius 2 is 1.94 bits per heavy atom. The summed E-state index contributed by atoms with van der Waals surface area (Å²) < 4.78 is 37.8. The first kappa shape index (κ1) is 12.9. The van der Waals surface area contributed by atoms with Crippen LogP contribution in [-0.4, -0.2) is 12.2 Å². The predicted octanol–water partition coefficient (Wildman–Crippen LogP) is 2.22. The van der Waals surface area contributed by atoms with Gasteiger partial charge in [-0.1, -0.05) is 0 Å². The summed E-state index contributed by atoms with van der Waals surface area (Å²) in [5.41, 5.74) is 2.89. The van der Waals surface area contributed by atoms with Gasteiger partial charge in [-0.05, 0) is 34.7 Å². The molecule has 7 heteroatoms.